The Hall–Kier alpha value is -1.71. The van der Waals surface area contributed by atoms with E-state index in [0.29, 0.717) is 6.42 Å². The Bertz CT molecular complexity index is 428. The Morgan fingerprint density at radius 3 is 2.89 bits per heavy atom. The van der Waals surface area contributed by atoms with Crippen molar-refractivity contribution in [2.24, 2.45) is 0 Å². The average molecular weight is 250 g/mol. The number of ether oxygens (including phenoxy) is 3. The number of esters is 1. The van der Waals surface area contributed by atoms with Crippen molar-refractivity contribution in [2.45, 2.75) is 32.1 Å². The molecule has 1 aromatic rings. The third-order valence-corrected chi connectivity index (χ3v) is 3.15. The predicted molar refractivity (Wildman–Crippen MR) is 66.8 cm³/mol. The van der Waals surface area contributed by atoms with Crippen LogP contribution < -0.4 is 9.47 Å². The molecule has 98 valence electrons. The van der Waals surface area contributed by atoms with Crippen molar-refractivity contribution < 1.29 is 19.0 Å². The lowest BCUT2D eigenvalue weighted by Crippen LogP contribution is -2.08. The zero-order chi connectivity index (χ0) is 13.0. The first-order valence-electron chi connectivity index (χ1n) is 6.21. The Labute approximate surface area is 107 Å². The van der Waals surface area contributed by atoms with Crippen molar-refractivity contribution in [1.29, 1.82) is 0 Å². The fourth-order valence-corrected chi connectivity index (χ4v) is 2.19. The van der Waals surface area contributed by atoms with E-state index in [1.54, 1.807) is 0 Å². The highest BCUT2D eigenvalue weighted by molar-refractivity contribution is 5.70. The lowest BCUT2D eigenvalue weighted by Gasteiger charge is -2.15. The molecule has 1 aliphatic heterocycles. The number of hydrogen-bond donors (Lipinski definition) is 0. The zero-order valence-corrected chi connectivity index (χ0v) is 10.8. The molecule has 0 bridgehead atoms. The zero-order valence-electron chi connectivity index (χ0n) is 10.8. The summed E-state index contributed by atoms with van der Waals surface area (Å²) in [5.74, 6) is 1.54. The van der Waals surface area contributed by atoms with E-state index in [-0.39, 0.29) is 18.7 Å². The topological polar surface area (TPSA) is 44.8 Å². The van der Waals surface area contributed by atoms with Gasteiger partial charge in [-0.2, -0.15) is 0 Å². The second-order valence-corrected chi connectivity index (χ2v) is 4.38. The summed E-state index contributed by atoms with van der Waals surface area (Å²) in [4.78, 5) is 11.4. The van der Waals surface area contributed by atoms with Crippen molar-refractivity contribution in [3.05, 3.63) is 23.8 Å². The monoisotopic (exact) mass is 250 g/mol. The van der Waals surface area contributed by atoms with Gasteiger partial charge >= 0.3 is 5.97 Å². The summed E-state index contributed by atoms with van der Waals surface area (Å²) in [7, 11) is 1.42. The lowest BCUT2D eigenvalue weighted by atomic mass is 9.91. The first-order valence-corrected chi connectivity index (χ1v) is 6.21. The second-order valence-electron chi connectivity index (χ2n) is 4.38. The van der Waals surface area contributed by atoms with Gasteiger partial charge in [-0.1, -0.05) is 19.4 Å². The number of carbonyl (C=O) groups is 1. The number of hydrogen-bond acceptors (Lipinski definition) is 4. The molecule has 0 N–H and O–H groups in total. The molecule has 1 unspecified atom stereocenters. The van der Waals surface area contributed by atoms with Crippen molar-refractivity contribution >= 4 is 5.97 Å². The first-order chi connectivity index (χ1) is 8.74. The highest BCUT2D eigenvalue weighted by Crippen LogP contribution is 2.36. The van der Waals surface area contributed by atoms with Gasteiger partial charge in [0.05, 0.1) is 13.5 Å². The average Bonchev–Trinajstić information content (AvgIpc) is 2.85. The van der Waals surface area contributed by atoms with Gasteiger partial charge < -0.3 is 14.2 Å². The van der Waals surface area contributed by atoms with Crippen LogP contribution in [0.2, 0.25) is 0 Å². The summed E-state index contributed by atoms with van der Waals surface area (Å²) < 4.78 is 15.4. The van der Waals surface area contributed by atoms with Crippen LogP contribution >= 0.6 is 0 Å². The number of rotatable bonds is 5. The van der Waals surface area contributed by atoms with Gasteiger partial charge in [0.25, 0.3) is 0 Å². The molecular weight excluding hydrogens is 232 g/mol. The molecule has 0 aromatic heterocycles. The van der Waals surface area contributed by atoms with Crippen LogP contribution in [-0.4, -0.2) is 19.9 Å². The number of methoxy groups -OCH3 is 1. The van der Waals surface area contributed by atoms with Crippen LogP contribution in [0.15, 0.2) is 18.2 Å². The Kier molecular flexibility index (Phi) is 4.07. The molecule has 4 heteroatoms. The summed E-state index contributed by atoms with van der Waals surface area (Å²) in [6.45, 7) is 2.38. The van der Waals surface area contributed by atoms with Gasteiger partial charge in [0.15, 0.2) is 11.5 Å². The van der Waals surface area contributed by atoms with Crippen LogP contribution in [0.4, 0.5) is 0 Å². The van der Waals surface area contributed by atoms with Gasteiger partial charge in [-0.15, -0.1) is 0 Å². The minimum atomic E-state index is -0.175. The van der Waals surface area contributed by atoms with Crippen LogP contribution in [0, 0.1) is 0 Å². The summed E-state index contributed by atoms with van der Waals surface area (Å²) in [6.07, 6.45) is 2.38. The molecule has 1 aliphatic rings. The molecule has 0 amide bonds. The van der Waals surface area contributed by atoms with Crippen LogP contribution in [0.3, 0.4) is 0 Å². The third kappa shape index (κ3) is 2.75. The molecule has 0 fully saturated rings. The van der Waals surface area contributed by atoms with Crippen LogP contribution in [0.5, 0.6) is 11.5 Å². The van der Waals surface area contributed by atoms with E-state index in [9.17, 15) is 4.79 Å². The van der Waals surface area contributed by atoms with E-state index >= 15 is 0 Å². The number of carbonyl (C=O) groups excluding carboxylic acids is 1. The molecule has 0 saturated carbocycles. The van der Waals surface area contributed by atoms with Gasteiger partial charge in [-0.25, -0.2) is 0 Å². The summed E-state index contributed by atoms with van der Waals surface area (Å²) >= 11 is 0. The SMILES string of the molecule is CCCC(CC(=O)OC)c1ccc2c(c1)OCO2. The van der Waals surface area contributed by atoms with E-state index < -0.39 is 0 Å². The highest BCUT2D eigenvalue weighted by atomic mass is 16.7. The van der Waals surface area contributed by atoms with E-state index in [2.05, 4.69) is 6.92 Å². The van der Waals surface area contributed by atoms with Crippen molar-refractivity contribution in [1.82, 2.24) is 0 Å². The molecule has 0 saturated heterocycles. The van der Waals surface area contributed by atoms with E-state index in [1.807, 2.05) is 18.2 Å². The maximum Gasteiger partial charge on any atom is 0.306 e. The van der Waals surface area contributed by atoms with Gasteiger partial charge in [0.1, 0.15) is 0 Å². The van der Waals surface area contributed by atoms with Crippen molar-refractivity contribution in [2.75, 3.05) is 13.9 Å². The highest BCUT2D eigenvalue weighted by Gasteiger charge is 2.20. The van der Waals surface area contributed by atoms with Crippen LogP contribution in [-0.2, 0) is 9.53 Å². The Morgan fingerprint density at radius 1 is 1.39 bits per heavy atom. The molecule has 2 rings (SSSR count). The van der Waals surface area contributed by atoms with Crippen molar-refractivity contribution in [3.63, 3.8) is 0 Å². The van der Waals surface area contributed by atoms with Gasteiger partial charge in [-0.05, 0) is 30.0 Å². The standard InChI is InChI=1S/C14H18O4/c1-3-4-10(8-14(15)16-2)11-5-6-12-13(7-11)18-9-17-12/h5-7,10H,3-4,8-9H2,1-2H3. The number of fused-ring (bicyclic) bond motifs is 1. The Morgan fingerprint density at radius 2 is 2.17 bits per heavy atom. The molecule has 4 nitrogen and oxygen atoms in total. The van der Waals surface area contributed by atoms with Crippen LogP contribution in [0.1, 0.15) is 37.7 Å². The van der Waals surface area contributed by atoms with Crippen LogP contribution in [0.25, 0.3) is 0 Å². The summed E-state index contributed by atoms with van der Waals surface area (Å²) in [5.41, 5.74) is 1.10. The first kappa shape index (κ1) is 12.7. The van der Waals surface area contributed by atoms with Gasteiger partial charge in [-0.3, -0.25) is 4.79 Å². The molecule has 0 aliphatic carbocycles. The summed E-state index contributed by atoms with van der Waals surface area (Å²) in [5, 5.41) is 0. The second kappa shape index (κ2) is 5.76. The summed E-state index contributed by atoms with van der Waals surface area (Å²) in [6, 6.07) is 5.86. The smallest absolute Gasteiger partial charge is 0.306 e. The van der Waals surface area contributed by atoms with Crippen molar-refractivity contribution in [3.8, 4) is 11.5 Å². The predicted octanol–water partition coefficient (Wildman–Crippen LogP) is 2.86. The fraction of sp³-hybridized carbons (Fsp3) is 0.500. The normalized spacial score (nSPS) is 14.3. The quantitative estimate of drug-likeness (QED) is 0.754. The maximum absolute atomic E-state index is 11.4. The Balaban J connectivity index is 2.17. The van der Waals surface area contributed by atoms with E-state index in [0.717, 1.165) is 29.9 Å². The molecule has 1 atom stereocenters. The number of benzene rings is 1. The maximum atomic E-state index is 11.4. The molecule has 0 spiro atoms. The minimum absolute atomic E-state index is 0.175. The molecule has 18 heavy (non-hydrogen) atoms. The van der Waals surface area contributed by atoms with E-state index in [4.69, 9.17) is 14.2 Å². The van der Waals surface area contributed by atoms with Gasteiger partial charge in [0.2, 0.25) is 6.79 Å². The van der Waals surface area contributed by atoms with Gasteiger partial charge in [0, 0.05) is 0 Å². The molecule has 0 radical (unpaired) electrons. The fourth-order valence-electron chi connectivity index (χ4n) is 2.19. The largest absolute Gasteiger partial charge is 0.469 e. The minimum Gasteiger partial charge on any atom is -0.469 e. The molecular formula is C14H18O4. The third-order valence-electron chi connectivity index (χ3n) is 3.15. The van der Waals surface area contributed by atoms with E-state index in [1.165, 1.54) is 7.11 Å². The molecule has 1 heterocycles. The molecule has 1 aromatic carbocycles. The lowest BCUT2D eigenvalue weighted by molar-refractivity contribution is -0.141.